The van der Waals surface area contributed by atoms with Gasteiger partial charge in [0.1, 0.15) is 0 Å². The summed E-state index contributed by atoms with van der Waals surface area (Å²) in [6.07, 6.45) is 6.13. The maximum Gasteiger partial charge on any atom is 0.308 e. The summed E-state index contributed by atoms with van der Waals surface area (Å²) in [6, 6.07) is 11.7. The summed E-state index contributed by atoms with van der Waals surface area (Å²) < 4.78 is 3.40. The number of carbonyl (C=O) groups is 1. The standard InChI is InChI=1S/C21H22N4O3/c1-23-14-18(17-10-22-25(13-17)11-15-5-3-2-4-6-15)19(9-20(23)26)24-8-7-16(12-24)21(27)28/h2-6,9-10,13-14,16H,7-8,11-12H2,1H3,(H,27,28). The fourth-order valence-electron chi connectivity index (χ4n) is 3.64. The Hall–Kier alpha value is -3.35. The van der Waals surface area contributed by atoms with E-state index in [1.54, 1.807) is 25.5 Å². The topological polar surface area (TPSA) is 80.4 Å². The number of benzene rings is 1. The second kappa shape index (κ2) is 7.34. The number of aliphatic carboxylic acids is 1. The molecule has 1 aliphatic rings. The van der Waals surface area contributed by atoms with Gasteiger partial charge in [-0.05, 0) is 12.0 Å². The Labute approximate surface area is 162 Å². The zero-order valence-electron chi connectivity index (χ0n) is 15.7. The van der Waals surface area contributed by atoms with E-state index in [4.69, 9.17) is 0 Å². The highest BCUT2D eigenvalue weighted by Gasteiger charge is 2.30. The molecule has 144 valence electrons. The molecule has 0 spiro atoms. The largest absolute Gasteiger partial charge is 0.481 e. The second-order valence-corrected chi connectivity index (χ2v) is 7.20. The van der Waals surface area contributed by atoms with Gasteiger partial charge >= 0.3 is 5.97 Å². The number of hydrogen-bond acceptors (Lipinski definition) is 4. The van der Waals surface area contributed by atoms with Crippen LogP contribution in [0.1, 0.15) is 12.0 Å². The third-order valence-electron chi connectivity index (χ3n) is 5.22. The first-order valence-electron chi connectivity index (χ1n) is 9.26. The van der Waals surface area contributed by atoms with Crippen molar-refractivity contribution in [3.05, 3.63) is 70.9 Å². The Morgan fingerprint density at radius 1 is 1.25 bits per heavy atom. The predicted octanol–water partition coefficient (Wildman–Crippen LogP) is 2.21. The van der Waals surface area contributed by atoms with Gasteiger partial charge in [0.2, 0.25) is 0 Å². The average Bonchev–Trinajstić information content (AvgIpc) is 3.34. The van der Waals surface area contributed by atoms with Crippen molar-refractivity contribution in [2.24, 2.45) is 13.0 Å². The van der Waals surface area contributed by atoms with E-state index >= 15 is 0 Å². The smallest absolute Gasteiger partial charge is 0.308 e. The molecule has 1 aliphatic heterocycles. The maximum absolute atomic E-state index is 12.2. The molecule has 1 unspecified atom stereocenters. The summed E-state index contributed by atoms with van der Waals surface area (Å²) in [6.45, 7) is 1.69. The van der Waals surface area contributed by atoms with Crippen LogP contribution in [0.3, 0.4) is 0 Å². The first-order chi connectivity index (χ1) is 13.5. The Kier molecular flexibility index (Phi) is 4.73. The molecule has 0 aliphatic carbocycles. The maximum atomic E-state index is 12.2. The number of nitrogens with zero attached hydrogens (tertiary/aromatic N) is 4. The normalized spacial score (nSPS) is 16.5. The van der Waals surface area contributed by atoms with Crippen LogP contribution in [0.2, 0.25) is 0 Å². The lowest BCUT2D eigenvalue weighted by molar-refractivity contribution is -0.140. The van der Waals surface area contributed by atoms with Crippen LogP contribution in [0.25, 0.3) is 11.1 Å². The molecule has 0 saturated carbocycles. The van der Waals surface area contributed by atoms with Gasteiger partial charge in [-0.1, -0.05) is 30.3 Å². The van der Waals surface area contributed by atoms with E-state index in [9.17, 15) is 14.7 Å². The summed E-state index contributed by atoms with van der Waals surface area (Å²) >= 11 is 0. The lowest BCUT2D eigenvalue weighted by Gasteiger charge is -2.21. The summed E-state index contributed by atoms with van der Waals surface area (Å²) in [5.41, 5.74) is 3.59. The van der Waals surface area contributed by atoms with Crippen LogP contribution in [0.15, 0.2) is 59.8 Å². The van der Waals surface area contributed by atoms with E-state index in [2.05, 4.69) is 17.2 Å². The second-order valence-electron chi connectivity index (χ2n) is 7.20. The van der Waals surface area contributed by atoms with Crippen molar-refractivity contribution in [3.63, 3.8) is 0 Å². The number of hydrogen-bond donors (Lipinski definition) is 1. The molecule has 28 heavy (non-hydrogen) atoms. The SMILES string of the molecule is Cn1cc(-c2cnn(Cc3ccccc3)c2)c(N2CCC(C(=O)O)C2)cc1=O. The summed E-state index contributed by atoms with van der Waals surface area (Å²) in [5, 5.41) is 13.8. The molecule has 1 aromatic carbocycles. The van der Waals surface area contributed by atoms with Crippen LogP contribution >= 0.6 is 0 Å². The summed E-state index contributed by atoms with van der Waals surface area (Å²) in [5.74, 6) is -1.19. The van der Waals surface area contributed by atoms with Crippen molar-refractivity contribution < 1.29 is 9.90 Å². The van der Waals surface area contributed by atoms with Gasteiger partial charge in [0, 0.05) is 49.7 Å². The van der Waals surface area contributed by atoms with Gasteiger partial charge in [0.25, 0.3) is 5.56 Å². The zero-order chi connectivity index (χ0) is 19.7. The highest BCUT2D eigenvalue weighted by molar-refractivity contribution is 5.79. The number of anilines is 1. The minimum absolute atomic E-state index is 0.116. The molecular weight excluding hydrogens is 356 g/mol. The molecule has 3 heterocycles. The first kappa shape index (κ1) is 18.0. The minimum Gasteiger partial charge on any atom is -0.481 e. The van der Waals surface area contributed by atoms with Crippen molar-refractivity contribution >= 4 is 11.7 Å². The van der Waals surface area contributed by atoms with E-state index in [1.807, 2.05) is 34.0 Å². The van der Waals surface area contributed by atoms with Gasteiger partial charge in [-0.3, -0.25) is 14.3 Å². The monoisotopic (exact) mass is 378 g/mol. The Balaban J connectivity index is 1.67. The van der Waals surface area contributed by atoms with Crippen molar-refractivity contribution in [2.75, 3.05) is 18.0 Å². The van der Waals surface area contributed by atoms with Crippen molar-refractivity contribution in [1.29, 1.82) is 0 Å². The van der Waals surface area contributed by atoms with Crippen LogP contribution in [0.4, 0.5) is 5.69 Å². The fourth-order valence-corrected chi connectivity index (χ4v) is 3.64. The van der Waals surface area contributed by atoms with Crippen LogP contribution < -0.4 is 10.5 Å². The minimum atomic E-state index is -0.788. The molecule has 4 rings (SSSR count). The Morgan fingerprint density at radius 3 is 2.75 bits per heavy atom. The van der Waals surface area contributed by atoms with E-state index in [0.717, 1.165) is 22.4 Å². The van der Waals surface area contributed by atoms with E-state index in [-0.39, 0.29) is 5.56 Å². The van der Waals surface area contributed by atoms with E-state index < -0.39 is 11.9 Å². The van der Waals surface area contributed by atoms with E-state index in [1.165, 1.54) is 4.57 Å². The lowest BCUT2D eigenvalue weighted by atomic mass is 10.1. The average molecular weight is 378 g/mol. The van der Waals surface area contributed by atoms with Crippen molar-refractivity contribution in [3.8, 4) is 11.1 Å². The van der Waals surface area contributed by atoms with Gasteiger partial charge in [0.15, 0.2) is 0 Å². The number of carboxylic acids is 1. The molecule has 1 N–H and O–H groups in total. The number of aromatic nitrogens is 3. The molecule has 1 atom stereocenters. The molecule has 2 aromatic heterocycles. The summed E-state index contributed by atoms with van der Waals surface area (Å²) in [7, 11) is 1.72. The number of rotatable bonds is 5. The molecule has 0 radical (unpaired) electrons. The van der Waals surface area contributed by atoms with E-state index in [0.29, 0.717) is 26.1 Å². The van der Waals surface area contributed by atoms with Crippen molar-refractivity contribution in [2.45, 2.75) is 13.0 Å². The molecule has 7 heteroatoms. The number of carboxylic acid groups (broad SMARTS) is 1. The van der Waals surface area contributed by atoms with Crippen LogP contribution in [-0.2, 0) is 18.4 Å². The molecule has 0 bridgehead atoms. The Morgan fingerprint density at radius 2 is 2.04 bits per heavy atom. The van der Waals surface area contributed by atoms with Crippen LogP contribution in [-0.4, -0.2) is 38.5 Å². The highest BCUT2D eigenvalue weighted by Crippen LogP contribution is 2.32. The molecule has 1 saturated heterocycles. The van der Waals surface area contributed by atoms with Gasteiger partial charge in [-0.15, -0.1) is 0 Å². The summed E-state index contributed by atoms with van der Waals surface area (Å²) in [4.78, 5) is 25.6. The van der Waals surface area contributed by atoms with Crippen LogP contribution in [0, 0.1) is 5.92 Å². The fraction of sp³-hybridized carbons (Fsp3) is 0.286. The molecule has 0 amide bonds. The molecule has 1 fully saturated rings. The number of pyridine rings is 1. The third kappa shape index (κ3) is 3.55. The lowest BCUT2D eigenvalue weighted by Crippen LogP contribution is -2.26. The van der Waals surface area contributed by atoms with Gasteiger partial charge in [0.05, 0.1) is 24.3 Å². The quantitative estimate of drug-likeness (QED) is 0.736. The van der Waals surface area contributed by atoms with Gasteiger partial charge < -0.3 is 14.6 Å². The first-order valence-corrected chi connectivity index (χ1v) is 9.26. The van der Waals surface area contributed by atoms with Crippen LogP contribution in [0.5, 0.6) is 0 Å². The Bertz CT molecular complexity index is 1060. The van der Waals surface area contributed by atoms with Gasteiger partial charge in [-0.2, -0.15) is 5.10 Å². The molecular formula is C21H22N4O3. The zero-order valence-corrected chi connectivity index (χ0v) is 15.7. The molecule has 3 aromatic rings. The predicted molar refractivity (Wildman–Crippen MR) is 106 cm³/mol. The number of aryl methyl sites for hydroxylation is 1. The van der Waals surface area contributed by atoms with Gasteiger partial charge in [-0.25, -0.2) is 0 Å². The highest BCUT2D eigenvalue weighted by atomic mass is 16.4. The third-order valence-corrected chi connectivity index (χ3v) is 5.22. The van der Waals surface area contributed by atoms with Crippen molar-refractivity contribution in [1.82, 2.24) is 14.3 Å². The molecule has 7 nitrogen and oxygen atoms in total.